The third-order valence-corrected chi connectivity index (χ3v) is 2.97. The Labute approximate surface area is 122 Å². The van der Waals surface area contributed by atoms with Gasteiger partial charge in [-0.3, -0.25) is 4.79 Å². The summed E-state index contributed by atoms with van der Waals surface area (Å²) in [5.74, 6) is -0.0282. The molecule has 0 bridgehead atoms. The van der Waals surface area contributed by atoms with Crippen LogP contribution >= 0.6 is 0 Å². The van der Waals surface area contributed by atoms with Crippen LogP contribution in [0.3, 0.4) is 0 Å². The molecule has 20 heavy (non-hydrogen) atoms. The average Bonchev–Trinajstić information content (AvgIpc) is 2.48. The first-order chi connectivity index (χ1) is 9.74. The number of hydrogen-bond donors (Lipinski definition) is 1. The van der Waals surface area contributed by atoms with Crippen molar-refractivity contribution in [3.8, 4) is 0 Å². The van der Waals surface area contributed by atoms with Gasteiger partial charge in [-0.2, -0.15) is 0 Å². The van der Waals surface area contributed by atoms with E-state index in [9.17, 15) is 4.79 Å². The molecule has 0 saturated carbocycles. The van der Waals surface area contributed by atoms with Gasteiger partial charge in [0.1, 0.15) is 0 Å². The van der Waals surface area contributed by atoms with Crippen molar-refractivity contribution in [1.82, 2.24) is 5.32 Å². The van der Waals surface area contributed by atoms with Gasteiger partial charge in [0, 0.05) is 31.9 Å². The van der Waals surface area contributed by atoms with Crippen molar-refractivity contribution < 1.29 is 4.79 Å². The van der Waals surface area contributed by atoms with Crippen LogP contribution in [0.1, 0.15) is 19.8 Å². The SMILES string of the molecule is C/C=C/C=C/C(=O)NCCCCN(C)c1ccccc1. The summed E-state index contributed by atoms with van der Waals surface area (Å²) in [5, 5.41) is 2.88. The number of unbranched alkanes of at least 4 members (excludes halogenated alkanes) is 1. The maximum atomic E-state index is 11.4. The minimum Gasteiger partial charge on any atom is -0.375 e. The fourth-order valence-electron chi connectivity index (χ4n) is 1.81. The first kappa shape index (κ1) is 16.0. The Bertz CT molecular complexity index is 438. The summed E-state index contributed by atoms with van der Waals surface area (Å²) >= 11 is 0. The van der Waals surface area contributed by atoms with E-state index in [0.717, 1.165) is 25.9 Å². The molecule has 0 atom stereocenters. The molecule has 1 aromatic rings. The van der Waals surface area contributed by atoms with Crippen LogP contribution < -0.4 is 10.2 Å². The molecule has 0 aliphatic carbocycles. The van der Waals surface area contributed by atoms with E-state index in [-0.39, 0.29) is 5.91 Å². The number of allylic oxidation sites excluding steroid dienone is 3. The smallest absolute Gasteiger partial charge is 0.243 e. The summed E-state index contributed by atoms with van der Waals surface area (Å²) < 4.78 is 0. The minimum absolute atomic E-state index is 0.0282. The molecule has 1 rings (SSSR count). The Morgan fingerprint density at radius 2 is 1.95 bits per heavy atom. The van der Waals surface area contributed by atoms with Gasteiger partial charge >= 0.3 is 0 Å². The number of carbonyl (C=O) groups is 1. The predicted octanol–water partition coefficient (Wildman–Crippen LogP) is 3.15. The average molecular weight is 272 g/mol. The molecule has 0 aliphatic rings. The molecule has 0 fully saturated rings. The maximum absolute atomic E-state index is 11.4. The fourth-order valence-corrected chi connectivity index (χ4v) is 1.81. The second-order valence-electron chi connectivity index (χ2n) is 4.64. The van der Waals surface area contributed by atoms with Gasteiger partial charge in [-0.05, 0) is 31.9 Å². The lowest BCUT2D eigenvalue weighted by Gasteiger charge is -2.18. The van der Waals surface area contributed by atoms with Crippen molar-refractivity contribution in [2.45, 2.75) is 19.8 Å². The molecule has 3 nitrogen and oxygen atoms in total. The van der Waals surface area contributed by atoms with Crippen LogP contribution in [0.4, 0.5) is 5.69 Å². The van der Waals surface area contributed by atoms with Crippen LogP contribution in [0, 0.1) is 0 Å². The number of amides is 1. The molecule has 0 aromatic heterocycles. The van der Waals surface area contributed by atoms with Crippen LogP contribution in [-0.2, 0) is 4.79 Å². The van der Waals surface area contributed by atoms with Gasteiger partial charge in [0.05, 0.1) is 0 Å². The van der Waals surface area contributed by atoms with Crippen molar-refractivity contribution in [3.63, 3.8) is 0 Å². The fraction of sp³-hybridized carbons (Fsp3) is 0.353. The zero-order chi connectivity index (χ0) is 14.6. The van der Waals surface area contributed by atoms with Gasteiger partial charge < -0.3 is 10.2 Å². The summed E-state index contributed by atoms with van der Waals surface area (Å²) in [5.41, 5.74) is 1.23. The van der Waals surface area contributed by atoms with Crippen molar-refractivity contribution >= 4 is 11.6 Å². The van der Waals surface area contributed by atoms with Crippen LogP contribution in [0.15, 0.2) is 54.6 Å². The van der Waals surface area contributed by atoms with E-state index in [1.807, 2.05) is 37.3 Å². The van der Waals surface area contributed by atoms with Crippen molar-refractivity contribution in [2.75, 3.05) is 25.0 Å². The van der Waals surface area contributed by atoms with Gasteiger partial charge in [-0.15, -0.1) is 0 Å². The lowest BCUT2D eigenvalue weighted by Crippen LogP contribution is -2.24. The van der Waals surface area contributed by atoms with Crippen LogP contribution in [0.25, 0.3) is 0 Å². The van der Waals surface area contributed by atoms with E-state index in [4.69, 9.17) is 0 Å². The highest BCUT2D eigenvalue weighted by molar-refractivity contribution is 5.87. The minimum atomic E-state index is -0.0282. The van der Waals surface area contributed by atoms with E-state index in [2.05, 4.69) is 29.4 Å². The molecular weight excluding hydrogens is 248 g/mol. The number of carbonyl (C=O) groups excluding carboxylic acids is 1. The monoisotopic (exact) mass is 272 g/mol. The number of para-hydroxylation sites is 1. The Kier molecular flexibility index (Phi) is 7.89. The summed E-state index contributed by atoms with van der Waals surface area (Å²) in [4.78, 5) is 13.6. The number of nitrogens with one attached hydrogen (secondary N) is 1. The number of hydrogen-bond acceptors (Lipinski definition) is 2. The van der Waals surface area contributed by atoms with E-state index in [0.29, 0.717) is 0 Å². The highest BCUT2D eigenvalue weighted by Crippen LogP contribution is 2.11. The van der Waals surface area contributed by atoms with E-state index >= 15 is 0 Å². The standard InChI is InChI=1S/C17H24N2O/c1-3-4-6-13-17(20)18-14-9-10-15-19(2)16-11-7-5-8-12-16/h3-8,11-13H,9-10,14-15H2,1-2H3,(H,18,20)/b4-3+,13-6+. The third kappa shape index (κ3) is 6.78. The van der Waals surface area contributed by atoms with Crippen LogP contribution in [0.2, 0.25) is 0 Å². The number of benzene rings is 1. The second-order valence-corrected chi connectivity index (χ2v) is 4.64. The van der Waals surface area contributed by atoms with Gasteiger partial charge in [0.15, 0.2) is 0 Å². The quantitative estimate of drug-likeness (QED) is 0.448. The lowest BCUT2D eigenvalue weighted by atomic mass is 10.2. The molecular formula is C17H24N2O. The maximum Gasteiger partial charge on any atom is 0.243 e. The molecule has 3 heteroatoms. The van der Waals surface area contributed by atoms with E-state index in [1.165, 1.54) is 5.69 Å². The highest BCUT2D eigenvalue weighted by atomic mass is 16.1. The first-order valence-electron chi connectivity index (χ1n) is 7.07. The van der Waals surface area contributed by atoms with Crippen molar-refractivity contribution in [2.24, 2.45) is 0 Å². The van der Waals surface area contributed by atoms with Gasteiger partial charge in [0.2, 0.25) is 5.91 Å². The zero-order valence-corrected chi connectivity index (χ0v) is 12.4. The molecule has 0 spiro atoms. The number of nitrogens with zero attached hydrogens (tertiary/aromatic N) is 1. The van der Waals surface area contributed by atoms with Gasteiger partial charge in [-0.1, -0.05) is 36.4 Å². The normalized spacial score (nSPS) is 11.1. The number of rotatable bonds is 8. The Balaban J connectivity index is 2.12. The molecule has 1 N–H and O–H groups in total. The van der Waals surface area contributed by atoms with Crippen molar-refractivity contribution in [1.29, 1.82) is 0 Å². The summed E-state index contributed by atoms with van der Waals surface area (Å²) in [6, 6.07) is 10.3. The lowest BCUT2D eigenvalue weighted by molar-refractivity contribution is -0.116. The van der Waals surface area contributed by atoms with Crippen molar-refractivity contribution in [3.05, 3.63) is 54.6 Å². The Morgan fingerprint density at radius 3 is 2.65 bits per heavy atom. The largest absolute Gasteiger partial charge is 0.375 e. The van der Waals surface area contributed by atoms with E-state index in [1.54, 1.807) is 12.2 Å². The Hall–Kier alpha value is -2.03. The third-order valence-electron chi connectivity index (χ3n) is 2.97. The molecule has 0 aliphatic heterocycles. The molecule has 108 valence electrons. The second kappa shape index (κ2) is 9.84. The Morgan fingerprint density at radius 1 is 1.20 bits per heavy atom. The molecule has 0 saturated heterocycles. The predicted molar refractivity (Wildman–Crippen MR) is 85.9 cm³/mol. The van der Waals surface area contributed by atoms with Gasteiger partial charge in [-0.25, -0.2) is 0 Å². The highest BCUT2D eigenvalue weighted by Gasteiger charge is 1.99. The topological polar surface area (TPSA) is 32.3 Å². The molecule has 0 radical (unpaired) electrons. The molecule has 1 aromatic carbocycles. The molecule has 1 amide bonds. The van der Waals surface area contributed by atoms with Gasteiger partial charge in [0.25, 0.3) is 0 Å². The zero-order valence-electron chi connectivity index (χ0n) is 12.4. The molecule has 0 heterocycles. The summed E-state index contributed by atoms with van der Waals surface area (Å²) in [7, 11) is 2.09. The van der Waals surface area contributed by atoms with Crippen LogP contribution in [0.5, 0.6) is 0 Å². The van der Waals surface area contributed by atoms with E-state index < -0.39 is 0 Å². The summed E-state index contributed by atoms with van der Waals surface area (Å²) in [6.07, 6.45) is 9.08. The van der Waals surface area contributed by atoms with Crippen LogP contribution in [-0.4, -0.2) is 26.0 Å². The first-order valence-corrected chi connectivity index (χ1v) is 7.07. The number of anilines is 1. The summed E-state index contributed by atoms with van der Waals surface area (Å²) in [6.45, 7) is 3.64. The molecule has 0 unspecified atom stereocenters.